The van der Waals surface area contributed by atoms with Crippen molar-refractivity contribution in [1.29, 1.82) is 0 Å². The van der Waals surface area contributed by atoms with E-state index in [2.05, 4.69) is 0 Å². The van der Waals surface area contributed by atoms with Crippen molar-refractivity contribution in [3.05, 3.63) is 17.4 Å². The highest BCUT2D eigenvalue weighted by atomic mass is 19.1. The molecule has 1 heterocycles. The van der Waals surface area contributed by atoms with E-state index >= 15 is 0 Å². The van der Waals surface area contributed by atoms with Crippen molar-refractivity contribution in [2.45, 2.75) is 19.4 Å². The average molecular weight is 214 g/mol. The number of halogens is 1. The third-order valence-electron chi connectivity index (χ3n) is 2.24. The zero-order valence-electron chi connectivity index (χ0n) is 8.37. The number of aromatic hydroxyl groups is 1. The van der Waals surface area contributed by atoms with Gasteiger partial charge in [-0.25, -0.2) is 0 Å². The average Bonchev–Trinajstić information content (AvgIpc) is 2.57. The summed E-state index contributed by atoms with van der Waals surface area (Å²) in [6.45, 7) is 2.81. The molecule has 15 heavy (non-hydrogen) atoms. The van der Waals surface area contributed by atoms with Crippen molar-refractivity contribution in [1.82, 2.24) is 0 Å². The largest absolute Gasteiger partial charge is 0.504 e. The number of phenolic OH excluding ortho intramolecular Hbond substituents is 1. The Morgan fingerprint density at radius 3 is 2.67 bits per heavy atom. The van der Waals surface area contributed by atoms with E-state index in [0.29, 0.717) is 0 Å². The lowest BCUT2D eigenvalue weighted by atomic mass is 9.96. The summed E-state index contributed by atoms with van der Waals surface area (Å²) < 4.78 is 23.4. The highest BCUT2D eigenvalue weighted by Gasteiger charge is 2.30. The number of benzene rings is 1. The molecular weight excluding hydrogens is 203 g/mol. The van der Waals surface area contributed by atoms with Crippen LogP contribution in [0.1, 0.15) is 19.4 Å². The summed E-state index contributed by atoms with van der Waals surface area (Å²) in [4.78, 5) is 0. The Bertz CT molecular complexity index is 409. The van der Waals surface area contributed by atoms with Crippen LogP contribution in [0.25, 0.3) is 0 Å². The maximum absolute atomic E-state index is 13.5. The minimum atomic E-state index is -1.34. The fraction of sp³-hybridized carbons (Fsp3) is 0.400. The predicted octanol–water partition coefficient (Wildman–Crippen LogP) is 1.49. The smallest absolute Gasteiger partial charge is 0.231 e. The lowest BCUT2D eigenvalue weighted by Gasteiger charge is -2.19. The highest BCUT2D eigenvalue weighted by molar-refractivity contribution is 5.54. The quantitative estimate of drug-likeness (QED) is 0.743. The van der Waals surface area contributed by atoms with Gasteiger partial charge in [0.2, 0.25) is 18.4 Å². The van der Waals surface area contributed by atoms with Gasteiger partial charge in [-0.2, -0.15) is 4.39 Å². The molecule has 0 radical (unpaired) electrons. The molecule has 2 N–H and O–H groups in total. The third kappa shape index (κ3) is 1.48. The molecular formula is C10H11FO4. The van der Waals surface area contributed by atoms with Crippen molar-refractivity contribution in [3.63, 3.8) is 0 Å². The van der Waals surface area contributed by atoms with Gasteiger partial charge in [0.1, 0.15) is 0 Å². The van der Waals surface area contributed by atoms with Crippen molar-refractivity contribution >= 4 is 0 Å². The summed E-state index contributed by atoms with van der Waals surface area (Å²) in [6, 6.07) is 1.38. The van der Waals surface area contributed by atoms with Gasteiger partial charge < -0.3 is 19.7 Å². The van der Waals surface area contributed by atoms with Crippen molar-refractivity contribution in [3.8, 4) is 17.2 Å². The molecule has 1 aromatic rings. The molecule has 0 amide bonds. The van der Waals surface area contributed by atoms with Crippen molar-refractivity contribution < 1.29 is 24.1 Å². The minimum absolute atomic E-state index is 0.0734. The van der Waals surface area contributed by atoms with Gasteiger partial charge in [-0.05, 0) is 19.9 Å². The molecule has 1 aliphatic heterocycles. The summed E-state index contributed by atoms with van der Waals surface area (Å²) >= 11 is 0. The Labute approximate surface area is 85.9 Å². The molecule has 5 heteroatoms. The van der Waals surface area contributed by atoms with Gasteiger partial charge in [0.05, 0.1) is 5.60 Å². The van der Waals surface area contributed by atoms with Crippen LogP contribution < -0.4 is 9.47 Å². The first-order valence-electron chi connectivity index (χ1n) is 4.45. The van der Waals surface area contributed by atoms with Crippen LogP contribution in [0.4, 0.5) is 4.39 Å². The van der Waals surface area contributed by atoms with Crippen LogP contribution in [0.5, 0.6) is 17.2 Å². The van der Waals surface area contributed by atoms with Crippen molar-refractivity contribution in [2.24, 2.45) is 0 Å². The molecule has 0 aromatic heterocycles. The van der Waals surface area contributed by atoms with Gasteiger partial charge in [-0.3, -0.25) is 0 Å². The predicted molar refractivity (Wildman–Crippen MR) is 49.4 cm³/mol. The molecule has 0 aliphatic carbocycles. The second-order valence-electron chi connectivity index (χ2n) is 3.88. The second-order valence-corrected chi connectivity index (χ2v) is 3.88. The summed E-state index contributed by atoms with van der Waals surface area (Å²) in [5.74, 6) is -1.42. The molecule has 2 rings (SSSR count). The molecule has 0 atom stereocenters. The monoisotopic (exact) mass is 214 g/mol. The topological polar surface area (TPSA) is 58.9 Å². The molecule has 1 aliphatic rings. The molecule has 0 unspecified atom stereocenters. The zero-order chi connectivity index (χ0) is 11.2. The molecule has 1 aromatic carbocycles. The van der Waals surface area contributed by atoms with Gasteiger partial charge >= 0.3 is 0 Å². The lowest BCUT2D eigenvalue weighted by molar-refractivity contribution is 0.0749. The lowest BCUT2D eigenvalue weighted by Crippen LogP contribution is -2.16. The van der Waals surface area contributed by atoms with Crippen LogP contribution in [0.3, 0.4) is 0 Å². The minimum Gasteiger partial charge on any atom is -0.504 e. The number of hydrogen-bond acceptors (Lipinski definition) is 4. The number of fused-ring (bicyclic) bond motifs is 1. The second kappa shape index (κ2) is 3.00. The van der Waals surface area contributed by atoms with Gasteiger partial charge in [-0.15, -0.1) is 0 Å². The van der Waals surface area contributed by atoms with E-state index in [1.54, 1.807) is 0 Å². The summed E-state index contributed by atoms with van der Waals surface area (Å²) in [6.07, 6.45) is 0. The first kappa shape index (κ1) is 10.0. The summed E-state index contributed by atoms with van der Waals surface area (Å²) in [5.41, 5.74) is -1.27. The van der Waals surface area contributed by atoms with Crippen LogP contribution >= 0.6 is 0 Å². The molecule has 82 valence electrons. The molecule has 0 fully saturated rings. The molecule has 4 nitrogen and oxygen atoms in total. The van der Waals surface area contributed by atoms with Gasteiger partial charge in [0.25, 0.3) is 0 Å². The Morgan fingerprint density at radius 1 is 1.40 bits per heavy atom. The van der Waals surface area contributed by atoms with Crippen LogP contribution in [0.15, 0.2) is 6.07 Å². The van der Waals surface area contributed by atoms with E-state index in [1.807, 2.05) is 0 Å². The summed E-state index contributed by atoms with van der Waals surface area (Å²) in [7, 11) is 0. The van der Waals surface area contributed by atoms with E-state index in [0.717, 1.165) is 0 Å². The first-order valence-corrected chi connectivity index (χ1v) is 4.45. The van der Waals surface area contributed by atoms with E-state index in [9.17, 15) is 14.6 Å². The van der Waals surface area contributed by atoms with Crippen LogP contribution in [0.2, 0.25) is 0 Å². The number of aliphatic hydroxyl groups is 1. The van der Waals surface area contributed by atoms with Gasteiger partial charge in [0.15, 0.2) is 11.5 Å². The normalized spacial score (nSPS) is 14.4. The maximum atomic E-state index is 13.5. The fourth-order valence-corrected chi connectivity index (χ4v) is 1.46. The van der Waals surface area contributed by atoms with E-state index in [1.165, 1.54) is 19.9 Å². The Morgan fingerprint density at radius 2 is 2.07 bits per heavy atom. The number of hydrogen-bond donors (Lipinski definition) is 2. The van der Waals surface area contributed by atoms with E-state index in [-0.39, 0.29) is 23.9 Å². The Balaban J connectivity index is 2.64. The van der Waals surface area contributed by atoms with Crippen LogP contribution in [-0.4, -0.2) is 17.0 Å². The SMILES string of the molecule is CC(C)(O)c1cc2c(c(F)c1O)OCO2. The molecule has 0 saturated carbocycles. The number of phenols is 1. The zero-order valence-corrected chi connectivity index (χ0v) is 8.37. The van der Waals surface area contributed by atoms with E-state index < -0.39 is 17.2 Å². The van der Waals surface area contributed by atoms with E-state index in [4.69, 9.17) is 9.47 Å². The fourth-order valence-electron chi connectivity index (χ4n) is 1.46. The van der Waals surface area contributed by atoms with Crippen LogP contribution in [-0.2, 0) is 5.60 Å². The standard InChI is InChI=1S/C10H11FO4/c1-10(2,13)5-3-6-9(15-4-14-6)7(11)8(5)12/h3,12-13H,4H2,1-2H3. The first-order chi connectivity index (χ1) is 6.91. The van der Waals surface area contributed by atoms with Gasteiger partial charge in [0, 0.05) is 5.56 Å². The van der Waals surface area contributed by atoms with Crippen molar-refractivity contribution in [2.75, 3.05) is 6.79 Å². The van der Waals surface area contributed by atoms with Gasteiger partial charge in [-0.1, -0.05) is 0 Å². The third-order valence-corrected chi connectivity index (χ3v) is 2.24. The molecule has 0 spiro atoms. The number of rotatable bonds is 1. The highest BCUT2D eigenvalue weighted by Crippen LogP contribution is 2.44. The molecule has 0 bridgehead atoms. The molecule has 0 saturated heterocycles. The number of ether oxygens (including phenoxy) is 2. The summed E-state index contributed by atoms with van der Waals surface area (Å²) in [5, 5.41) is 19.2. The Hall–Kier alpha value is -1.49. The maximum Gasteiger partial charge on any atom is 0.231 e. The Kier molecular flexibility index (Phi) is 2.01. The van der Waals surface area contributed by atoms with Crippen LogP contribution in [0, 0.1) is 5.82 Å².